The van der Waals surface area contributed by atoms with E-state index in [0.29, 0.717) is 12.8 Å². The zero-order valence-electron chi connectivity index (χ0n) is 12.0. The van der Waals surface area contributed by atoms with Crippen LogP contribution in [0.4, 0.5) is 0 Å². The van der Waals surface area contributed by atoms with Gasteiger partial charge < -0.3 is 9.84 Å². The van der Waals surface area contributed by atoms with Crippen LogP contribution < -0.4 is 0 Å². The molecule has 0 aliphatic carbocycles. The van der Waals surface area contributed by atoms with Crippen molar-refractivity contribution >= 4 is 22.0 Å². The number of hydrogen-bond acceptors (Lipinski definition) is 5. The maximum absolute atomic E-state index is 12.2. The summed E-state index contributed by atoms with van der Waals surface area (Å²) >= 11 is 0. The summed E-state index contributed by atoms with van der Waals surface area (Å²) < 4.78 is 30.0. The second kappa shape index (κ2) is 6.09. The quantitative estimate of drug-likeness (QED) is 0.740. The van der Waals surface area contributed by atoms with Crippen molar-refractivity contribution in [1.29, 1.82) is 0 Å². The SMILES string of the molecule is CCOC(=O)CS(=O)(=O)N1CCCC(C)(C)C1C(=O)O. The molecule has 1 saturated heterocycles. The van der Waals surface area contributed by atoms with E-state index in [-0.39, 0.29) is 13.2 Å². The highest BCUT2D eigenvalue weighted by molar-refractivity contribution is 7.89. The van der Waals surface area contributed by atoms with Gasteiger partial charge in [0.1, 0.15) is 6.04 Å². The Morgan fingerprint density at radius 3 is 2.50 bits per heavy atom. The summed E-state index contributed by atoms with van der Waals surface area (Å²) in [6.07, 6.45) is 1.19. The van der Waals surface area contributed by atoms with Crippen molar-refractivity contribution in [2.45, 2.75) is 39.7 Å². The Labute approximate surface area is 118 Å². The fourth-order valence-corrected chi connectivity index (χ4v) is 4.19. The molecule has 1 fully saturated rings. The molecule has 7 nitrogen and oxygen atoms in total. The number of carbonyl (C=O) groups is 2. The molecule has 1 N–H and O–H groups in total. The van der Waals surface area contributed by atoms with Crippen LogP contribution in [0.1, 0.15) is 33.6 Å². The fraction of sp³-hybridized carbons (Fsp3) is 0.833. The number of carboxylic acid groups (broad SMARTS) is 1. The van der Waals surface area contributed by atoms with E-state index >= 15 is 0 Å². The highest BCUT2D eigenvalue weighted by atomic mass is 32.2. The van der Waals surface area contributed by atoms with Crippen LogP contribution in [0.5, 0.6) is 0 Å². The molecule has 0 saturated carbocycles. The van der Waals surface area contributed by atoms with Gasteiger partial charge in [0.25, 0.3) is 0 Å². The van der Waals surface area contributed by atoms with Gasteiger partial charge in [-0.05, 0) is 25.2 Å². The lowest BCUT2D eigenvalue weighted by Gasteiger charge is -2.42. The number of sulfonamides is 1. The molecular formula is C12H21NO6S. The molecule has 0 aromatic carbocycles. The summed E-state index contributed by atoms with van der Waals surface area (Å²) in [6.45, 7) is 5.22. The second-order valence-electron chi connectivity index (χ2n) is 5.50. The van der Waals surface area contributed by atoms with E-state index in [0.717, 1.165) is 4.31 Å². The molecule has 0 bridgehead atoms. The number of piperidine rings is 1. The highest BCUT2D eigenvalue weighted by Crippen LogP contribution is 2.36. The first-order chi connectivity index (χ1) is 9.12. The van der Waals surface area contributed by atoms with Gasteiger partial charge in [-0.1, -0.05) is 13.8 Å². The maximum Gasteiger partial charge on any atom is 0.322 e. The Morgan fingerprint density at radius 1 is 1.40 bits per heavy atom. The lowest BCUT2D eigenvalue weighted by Crippen LogP contribution is -2.57. The zero-order valence-corrected chi connectivity index (χ0v) is 12.8. The van der Waals surface area contributed by atoms with E-state index in [1.165, 1.54) is 0 Å². The third-order valence-electron chi connectivity index (χ3n) is 3.42. The third-order valence-corrected chi connectivity index (χ3v) is 5.13. The van der Waals surface area contributed by atoms with Crippen molar-refractivity contribution < 1.29 is 27.9 Å². The number of ether oxygens (including phenoxy) is 1. The van der Waals surface area contributed by atoms with Crippen molar-refractivity contribution in [3.63, 3.8) is 0 Å². The Bertz CT molecular complexity index is 484. The van der Waals surface area contributed by atoms with Gasteiger partial charge in [0.05, 0.1) is 6.61 Å². The van der Waals surface area contributed by atoms with E-state index in [4.69, 9.17) is 0 Å². The molecule has 0 amide bonds. The van der Waals surface area contributed by atoms with E-state index in [1.807, 2.05) is 0 Å². The minimum absolute atomic E-state index is 0.0855. The molecule has 1 aliphatic heterocycles. The molecule has 0 spiro atoms. The van der Waals surface area contributed by atoms with Crippen LogP contribution >= 0.6 is 0 Å². The highest BCUT2D eigenvalue weighted by Gasteiger charge is 2.47. The van der Waals surface area contributed by atoms with Gasteiger partial charge in [-0.25, -0.2) is 8.42 Å². The van der Waals surface area contributed by atoms with Gasteiger partial charge >= 0.3 is 11.9 Å². The van der Waals surface area contributed by atoms with Gasteiger partial charge in [-0.2, -0.15) is 4.31 Å². The Kier molecular flexibility index (Phi) is 5.15. The Hall–Kier alpha value is -1.15. The summed E-state index contributed by atoms with van der Waals surface area (Å²) in [5, 5.41) is 9.32. The monoisotopic (exact) mass is 307 g/mol. The van der Waals surface area contributed by atoms with Gasteiger partial charge in [0.2, 0.25) is 10.0 Å². The topological polar surface area (TPSA) is 101 Å². The van der Waals surface area contributed by atoms with Crippen molar-refractivity contribution in [1.82, 2.24) is 4.31 Å². The van der Waals surface area contributed by atoms with Gasteiger partial charge in [0.15, 0.2) is 5.75 Å². The molecule has 1 rings (SSSR count). The van der Waals surface area contributed by atoms with Gasteiger partial charge in [-0.3, -0.25) is 9.59 Å². The van der Waals surface area contributed by atoms with Crippen molar-refractivity contribution in [3.8, 4) is 0 Å². The van der Waals surface area contributed by atoms with Crippen LogP contribution in [0, 0.1) is 5.41 Å². The van der Waals surface area contributed by atoms with Gasteiger partial charge in [0, 0.05) is 6.54 Å². The van der Waals surface area contributed by atoms with Crippen LogP contribution in [0.25, 0.3) is 0 Å². The maximum atomic E-state index is 12.2. The standard InChI is InChI=1S/C12H21NO6S/c1-4-19-9(14)8-20(17,18)13-7-5-6-12(2,3)10(13)11(15)16/h10H,4-8H2,1-3H3,(H,15,16). The smallest absolute Gasteiger partial charge is 0.322 e. The average molecular weight is 307 g/mol. The predicted molar refractivity (Wildman–Crippen MR) is 71.6 cm³/mol. The van der Waals surface area contributed by atoms with Gasteiger partial charge in [-0.15, -0.1) is 0 Å². The molecule has 1 atom stereocenters. The molecule has 1 unspecified atom stereocenters. The van der Waals surface area contributed by atoms with Crippen molar-refractivity contribution in [2.75, 3.05) is 18.9 Å². The summed E-state index contributed by atoms with van der Waals surface area (Å²) in [7, 11) is -3.99. The molecule has 1 aliphatic rings. The van der Waals surface area contributed by atoms with Crippen LogP contribution in [-0.2, 0) is 24.3 Å². The van der Waals surface area contributed by atoms with Crippen LogP contribution in [0.2, 0.25) is 0 Å². The predicted octanol–water partition coefficient (Wildman–Crippen LogP) is 0.454. The van der Waals surface area contributed by atoms with E-state index in [9.17, 15) is 23.1 Å². The molecule has 0 aromatic rings. The summed E-state index contributed by atoms with van der Waals surface area (Å²) in [5.41, 5.74) is -0.675. The third kappa shape index (κ3) is 3.69. The molecular weight excluding hydrogens is 286 g/mol. The molecule has 0 aromatic heterocycles. The first-order valence-electron chi connectivity index (χ1n) is 6.50. The fourth-order valence-electron chi connectivity index (χ4n) is 2.54. The summed E-state index contributed by atoms with van der Waals surface area (Å²) in [4.78, 5) is 22.8. The Morgan fingerprint density at radius 2 is 2.00 bits per heavy atom. The lowest BCUT2D eigenvalue weighted by atomic mass is 9.77. The molecule has 0 radical (unpaired) electrons. The molecule has 116 valence electrons. The number of carboxylic acids is 1. The molecule has 20 heavy (non-hydrogen) atoms. The van der Waals surface area contributed by atoms with Crippen LogP contribution in [0.3, 0.4) is 0 Å². The average Bonchev–Trinajstić information content (AvgIpc) is 2.26. The van der Waals surface area contributed by atoms with Crippen LogP contribution in [0.15, 0.2) is 0 Å². The van der Waals surface area contributed by atoms with E-state index in [2.05, 4.69) is 4.74 Å². The summed E-state index contributed by atoms with van der Waals surface area (Å²) in [6, 6.07) is -1.16. The minimum Gasteiger partial charge on any atom is -0.480 e. The number of nitrogens with zero attached hydrogens (tertiary/aromatic N) is 1. The zero-order chi connectivity index (χ0) is 15.6. The number of rotatable bonds is 5. The first kappa shape index (κ1) is 16.9. The number of hydrogen-bond donors (Lipinski definition) is 1. The normalized spacial score (nSPS) is 23.2. The van der Waals surface area contributed by atoms with E-state index < -0.39 is 39.2 Å². The van der Waals surface area contributed by atoms with Crippen LogP contribution in [-0.4, -0.2) is 54.7 Å². The van der Waals surface area contributed by atoms with Crippen molar-refractivity contribution in [2.24, 2.45) is 5.41 Å². The minimum atomic E-state index is -3.99. The number of aliphatic carboxylic acids is 1. The number of esters is 1. The first-order valence-corrected chi connectivity index (χ1v) is 8.10. The molecule has 1 heterocycles. The Balaban J connectivity index is 3.02. The molecule has 8 heteroatoms. The second-order valence-corrected chi connectivity index (χ2v) is 7.43. The number of carbonyl (C=O) groups excluding carboxylic acids is 1. The van der Waals surface area contributed by atoms with E-state index in [1.54, 1.807) is 20.8 Å². The van der Waals surface area contributed by atoms with Crippen molar-refractivity contribution in [3.05, 3.63) is 0 Å². The largest absolute Gasteiger partial charge is 0.480 e. The summed E-state index contributed by atoms with van der Waals surface area (Å²) in [5.74, 6) is -2.87. The lowest BCUT2D eigenvalue weighted by molar-refractivity contribution is -0.147.